The normalized spacial score (nSPS) is 14.1. The highest BCUT2D eigenvalue weighted by molar-refractivity contribution is 5.77. The number of rotatable bonds is 10. The summed E-state index contributed by atoms with van der Waals surface area (Å²) in [6.45, 7) is 10.6. The van der Waals surface area contributed by atoms with E-state index in [0.717, 1.165) is 0 Å². The van der Waals surface area contributed by atoms with Crippen LogP contribution < -0.4 is 16.1 Å². The molecule has 3 N–H and O–H groups in total. The summed E-state index contributed by atoms with van der Waals surface area (Å²) in [5.74, 6) is -1.09. The van der Waals surface area contributed by atoms with Gasteiger partial charge in [0.25, 0.3) is 0 Å². The van der Waals surface area contributed by atoms with Crippen molar-refractivity contribution in [3.63, 3.8) is 0 Å². The highest BCUT2D eigenvalue weighted by atomic mass is 19.1. The summed E-state index contributed by atoms with van der Waals surface area (Å²) < 4.78 is 24.7. The van der Waals surface area contributed by atoms with Crippen LogP contribution in [0.1, 0.15) is 54.4 Å². The summed E-state index contributed by atoms with van der Waals surface area (Å²) in [6.07, 6.45) is -2.61. The summed E-state index contributed by atoms with van der Waals surface area (Å²) in [5, 5.41) is 6.71. The molecule has 0 unspecified atom stereocenters. The van der Waals surface area contributed by atoms with Crippen LogP contribution in [0.3, 0.4) is 0 Å². The number of alkyl carbamates (subject to hydrolysis) is 1. The number of hydrazine groups is 1. The first-order chi connectivity index (χ1) is 13.1. The minimum absolute atomic E-state index is 0.0662. The predicted octanol–water partition coefficient (Wildman–Crippen LogP) is 1.52. The quantitative estimate of drug-likeness (QED) is 0.363. The zero-order chi connectivity index (χ0) is 22.8. The van der Waals surface area contributed by atoms with Crippen LogP contribution in [0.5, 0.6) is 0 Å². The topological polar surface area (TPSA) is 109 Å². The Morgan fingerprint density at radius 2 is 1.59 bits per heavy atom. The van der Waals surface area contributed by atoms with Crippen LogP contribution in [-0.2, 0) is 19.1 Å². The third-order valence-electron chi connectivity index (χ3n) is 3.22. The fourth-order valence-corrected chi connectivity index (χ4v) is 2.37. The van der Waals surface area contributed by atoms with Gasteiger partial charge in [0.1, 0.15) is 23.9 Å². The van der Waals surface area contributed by atoms with E-state index in [1.165, 1.54) is 12.1 Å². The number of likely N-dealkylation sites (N-methyl/N-ethyl adjacent to an activating group) is 2. The maximum absolute atomic E-state index is 14.4. The van der Waals surface area contributed by atoms with Crippen molar-refractivity contribution in [2.24, 2.45) is 0 Å². The van der Waals surface area contributed by atoms with Gasteiger partial charge in [0, 0.05) is 26.1 Å². The largest absolute Gasteiger partial charge is 0.459 e. The van der Waals surface area contributed by atoms with Crippen LogP contribution in [0.4, 0.5) is 9.18 Å². The molecule has 2 atom stereocenters. The molecule has 0 heterocycles. The number of alkyl halides is 1. The minimum atomic E-state index is -1.49. The highest BCUT2D eigenvalue weighted by Gasteiger charge is 2.24. The first-order valence-corrected chi connectivity index (χ1v) is 9.62. The SMILES string of the molecule is CNC[C@@H](C[C@@H](F)CC(=O)NN(C)CC(=O)OC(C)(C)C)NC(=O)OC(C)(C)C. The van der Waals surface area contributed by atoms with Crippen LogP contribution in [0.25, 0.3) is 0 Å². The van der Waals surface area contributed by atoms with E-state index in [1.807, 2.05) is 0 Å². The van der Waals surface area contributed by atoms with Crippen LogP contribution in [-0.4, -0.2) is 73.6 Å². The van der Waals surface area contributed by atoms with Gasteiger partial charge in [0.2, 0.25) is 5.91 Å². The summed E-state index contributed by atoms with van der Waals surface area (Å²) >= 11 is 0. The maximum atomic E-state index is 14.4. The molecule has 0 saturated carbocycles. The smallest absolute Gasteiger partial charge is 0.407 e. The molecule has 0 aliphatic rings. The van der Waals surface area contributed by atoms with Gasteiger partial charge in [-0.1, -0.05) is 0 Å². The van der Waals surface area contributed by atoms with Gasteiger partial charge in [-0.05, 0) is 48.6 Å². The molecule has 10 heteroatoms. The van der Waals surface area contributed by atoms with E-state index >= 15 is 0 Å². The summed E-state index contributed by atoms with van der Waals surface area (Å²) in [7, 11) is 3.16. The Bertz CT molecular complexity index is 546. The lowest BCUT2D eigenvalue weighted by Crippen LogP contribution is -2.46. The third kappa shape index (κ3) is 15.6. The van der Waals surface area contributed by atoms with E-state index < -0.39 is 47.8 Å². The lowest BCUT2D eigenvalue weighted by Gasteiger charge is -2.25. The molecular formula is C19H37FN4O5. The molecule has 0 radical (unpaired) electrons. The first-order valence-electron chi connectivity index (χ1n) is 9.62. The van der Waals surface area contributed by atoms with Crippen molar-refractivity contribution in [3.8, 4) is 0 Å². The molecule has 0 aromatic heterocycles. The molecule has 0 rings (SSSR count). The Morgan fingerprint density at radius 3 is 2.07 bits per heavy atom. The van der Waals surface area contributed by atoms with E-state index in [4.69, 9.17) is 9.47 Å². The van der Waals surface area contributed by atoms with Crippen molar-refractivity contribution in [2.75, 3.05) is 27.2 Å². The third-order valence-corrected chi connectivity index (χ3v) is 3.22. The van der Waals surface area contributed by atoms with E-state index in [1.54, 1.807) is 48.6 Å². The fraction of sp³-hybridized carbons (Fsp3) is 0.842. The van der Waals surface area contributed by atoms with Gasteiger partial charge in [-0.2, -0.15) is 0 Å². The summed E-state index contributed by atoms with van der Waals surface area (Å²) in [5.41, 5.74) is 1.14. The van der Waals surface area contributed by atoms with Crippen molar-refractivity contribution in [2.45, 2.75) is 77.8 Å². The van der Waals surface area contributed by atoms with Gasteiger partial charge in [-0.15, -0.1) is 0 Å². The van der Waals surface area contributed by atoms with E-state index in [9.17, 15) is 18.8 Å². The van der Waals surface area contributed by atoms with E-state index in [-0.39, 0.29) is 13.0 Å². The maximum Gasteiger partial charge on any atom is 0.407 e. The molecule has 9 nitrogen and oxygen atoms in total. The Hall–Kier alpha value is -1.94. The van der Waals surface area contributed by atoms with Crippen molar-refractivity contribution in [3.05, 3.63) is 0 Å². The van der Waals surface area contributed by atoms with Gasteiger partial charge < -0.3 is 20.1 Å². The zero-order valence-corrected chi connectivity index (χ0v) is 18.8. The summed E-state index contributed by atoms with van der Waals surface area (Å²) in [6, 6.07) is -0.544. The molecule has 0 aliphatic heterocycles. The van der Waals surface area contributed by atoms with Crippen molar-refractivity contribution in [1.29, 1.82) is 0 Å². The van der Waals surface area contributed by atoms with Crippen LogP contribution in [0.15, 0.2) is 0 Å². The number of ether oxygens (including phenoxy) is 2. The molecule has 0 fully saturated rings. The average Bonchev–Trinajstić information content (AvgIpc) is 2.41. The van der Waals surface area contributed by atoms with Crippen LogP contribution in [0, 0.1) is 0 Å². The molecule has 2 amide bonds. The number of hydrogen-bond donors (Lipinski definition) is 3. The lowest BCUT2D eigenvalue weighted by molar-refractivity contribution is -0.156. The fourth-order valence-electron chi connectivity index (χ4n) is 2.37. The Kier molecular flexibility index (Phi) is 11.1. The van der Waals surface area contributed by atoms with Gasteiger partial charge in [-0.3, -0.25) is 15.0 Å². The number of carbonyl (C=O) groups excluding carboxylic acids is 3. The van der Waals surface area contributed by atoms with Crippen LogP contribution >= 0.6 is 0 Å². The van der Waals surface area contributed by atoms with Crippen molar-refractivity contribution < 1.29 is 28.2 Å². The molecule has 29 heavy (non-hydrogen) atoms. The number of halogens is 1. The molecular weight excluding hydrogens is 383 g/mol. The van der Waals surface area contributed by atoms with E-state index in [2.05, 4.69) is 16.1 Å². The van der Waals surface area contributed by atoms with Gasteiger partial charge in [0.05, 0.1) is 6.42 Å². The van der Waals surface area contributed by atoms with Crippen LogP contribution in [0.2, 0.25) is 0 Å². The van der Waals surface area contributed by atoms with Crippen molar-refractivity contribution >= 4 is 18.0 Å². The number of amides is 2. The van der Waals surface area contributed by atoms with Gasteiger partial charge in [-0.25, -0.2) is 14.2 Å². The average molecular weight is 421 g/mol. The Labute approximate surface area is 173 Å². The molecule has 0 spiro atoms. The molecule has 0 saturated heterocycles. The zero-order valence-electron chi connectivity index (χ0n) is 18.8. The molecule has 0 aliphatic carbocycles. The number of hydrogen-bond acceptors (Lipinski definition) is 7. The molecule has 0 aromatic carbocycles. The number of nitrogens with one attached hydrogen (secondary N) is 3. The number of esters is 1. The summed E-state index contributed by atoms with van der Waals surface area (Å²) in [4.78, 5) is 35.6. The standard InChI is InChI=1S/C19H37FN4O5/c1-18(2,3)28-16(26)12-24(8)23-15(25)10-13(20)9-14(11-21-7)22-17(27)29-19(4,5)6/h13-14,21H,9-12H2,1-8H3,(H,22,27)(H,23,25)/t13-,14-/m1/s1. The first kappa shape index (κ1) is 27.1. The second kappa shape index (κ2) is 11.9. The number of nitrogens with zero attached hydrogens (tertiary/aromatic N) is 1. The molecule has 0 bridgehead atoms. The Balaban J connectivity index is 4.48. The van der Waals surface area contributed by atoms with E-state index in [0.29, 0.717) is 6.54 Å². The highest BCUT2D eigenvalue weighted by Crippen LogP contribution is 2.11. The molecule has 170 valence electrons. The van der Waals surface area contributed by atoms with Gasteiger partial charge in [0.15, 0.2) is 0 Å². The lowest BCUT2D eigenvalue weighted by atomic mass is 10.1. The van der Waals surface area contributed by atoms with Gasteiger partial charge >= 0.3 is 12.1 Å². The monoisotopic (exact) mass is 420 g/mol. The second-order valence-electron chi connectivity index (χ2n) is 8.92. The Morgan fingerprint density at radius 1 is 1.03 bits per heavy atom. The molecule has 0 aromatic rings. The minimum Gasteiger partial charge on any atom is -0.459 e. The second-order valence-corrected chi connectivity index (χ2v) is 8.92. The number of carbonyl (C=O) groups is 3. The van der Waals surface area contributed by atoms with Crippen molar-refractivity contribution in [1.82, 2.24) is 21.1 Å². The predicted molar refractivity (Wildman–Crippen MR) is 108 cm³/mol.